The highest BCUT2D eigenvalue weighted by atomic mass is 35.5. The molecule has 0 spiro atoms. The van der Waals surface area contributed by atoms with Crippen molar-refractivity contribution in [2.75, 3.05) is 6.54 Å². The first-order valence-electron chi connectivity index (χ1n) is 8.21. The molecule has 0 radical (unpaired) electrons. The second-order valence-corrected chi connectivity index (χ2v) is 7.16. The van der Waals surface area contributed by atoms with Gasteiger partial charge in [0.15, 0.2) is 5.78 Å². The Labute approximate surface area is 156 Å². The fourth-order valence-electron chi connectivity index (χ4n) is 3.19. The molecule has 1 unspecified atom stereocenters. The maximum atomic E-state index is 12.9. The van der Waals surface area contributed by atoms with E-state index in [4.69, 9.17) is 11.6 Å². The fraction of sp³-hybridized carbons (Fsp3) is 0.316. The van der Waals surface area contributed by atoms with Gasteiger partial charge in [0, 0.05) is 29.0 Å². The highest BCUT2D eigenvalue weighted by Crippen LogP contribution is 2.30. The van der Waals surface area contributed by atoms with Crippen molar-refractivity contribution in [3.63, 3.8) is 0 Å². The van der Waals surface area contributed by atoms with Crippen molar-refractivity contribution in [1.29, 1.82) is 0 Å². The van der Waals surface area contributed by atoms with Gasteiger partial charge in [0.05, 0.1) is 6.54 Å². The second-order valence-electron chi connectivity index (χ2n) is 6.72. The summed E-state index contributed by atoms with van der Waals surface area (Å²) >= 11 is 5.89. The number of hydrogen-bond acceptors (Lipinski definition) is 3. The van der Waals surface area contributed by atoms with Crippen LogP contribution in [0.4, 0.5) is 4.79 Å². The van der Waals surface area contributed by atoms with E-state index < -0.39 is 17.5 Å². The smallest absolute Gasteiger partial charge is 0.325 e. The Morgan fingerprint density at radius 3 is 2.35 bits per heavy atom. The first-order chi connectivity index (χ1) is 12.1. The van der Waals surface area contributed by atoms with Gasteiger partial charge in [0.1, 0.15) is 5.54 Å². The average molecular weight is 374 g/mol. The summed E-state index contributed by atoms with van der Waals surface area (Å²) in [4.78, 5) is 38.9. The highest BCUT2D eigenvalue weighted by Gasteiger charge is 2.49. The lowest BCUT2D eigenvalue weighted by atomic mass is 9.92. The van der Waals surface area contributed by atoms with E-state index >= 15 is 0 Å². The molecule has 6 nitrogen and oxygen atoms in total. The number of benzene rings is 1. The van der Waals surface area contributed by atoms with Gasteiger partial charge in [-0.25, -0.2) is 4.79 Å². The largest absolute Gasteiger partial charge is 0.351 e. The zero-order valence-corrected chi connectivity index (χ0v) is 15.8. The summed E-state index contributed by atoms with van der Waals surface area (Å²) in [7, 11) is 1.87. The number of aryl methyl sites for hydroxylation is 1. The zero-order valence-electron chi connectivity index (χ0n) is 15.1. The summed E-state index contributed by atoms with van der Waals surface area (Å²) in [6.45, 7) is 5.07. The molecule has 3 amide bonds. The SMILES string of the molecule is Cc1cc(C(=O)CN2C(=O)NC(C)(c3ccc(Cl)cc3)C2=O)c(C)n1C. The van der Waals surface area contributed by atoms with Crippen molar-refractivity contribution in [2.24, 2.45) is 7.05 Å². The number of amides is 3. The van der Waals surface area contributed by atoms with Gasteiger partial charge in [-0.2, -0.15) is 0 Å². The van der Waals surface area contributed by atoms with Crippen LogP contribution < -0.4 is 5.32 Å². The van der Waals surface area contributed by atoms with Crippen LogP contribution >= 0.6 is 11.6 Å². The fourth-order valence-corrected chi connectivity index (χ4v) is 3.31. The van der Waals surface area contributed by atoms with E-state index in [9.17, 15) is 14.4 Å². The van der Waals surface area contributed by atoms with Gasteiger partial charge >= 0.3 is 6.03 Å². The number of hydrogen-bond donors (Lipinski definition) is 1. The van der Waals surface area contributed by atoms with E-state index in [1.54, 1.807) is 37.3 Å². The van der Waals surface area contributed by atoms with Crippen molar-refractivity contribution in [3.05, 3.63) is 57.9 Å². The molecule has 136 valence electrons. The van der Waals surface area contributed by atoms with E-state index in [1.165, 1.54) is 0 Å². The van der Waals surface area contributed by atoms with E-state index in [0.717, 1.165) is 16.3 Å². The molecule has 0 saturated carbocycles. The molecule has 1 N–H and O–H groups in total. The number of rotatable bonds is 4. The number of Topliss-reactive ketones (excluding diaryl/α,β-unsaturated/α-hetero) is 1. The molecule has 26 heavy (non-hydrogen) atoms. The molecule has 0 bridgehead atoms. The molecule has 7 heteroatoms. The van der Waals surface area contributed by atoms with E-state index in [1.807, 2.05) is 25.5 Å². The summed E-state index contributed by atoms with van der Waals surface area (Å²) in [6.07, 6.45) is 0. The van der Waals surface area contributed by atoms with Crippen molar-refractivity contribution >= 4 is 29.3 Å². The molecule has 2 heterocycles. The van der Waals surface area contributed by atoms with Gasteiger partial charge in [-0.15, -0.1) is 0 Å². The molecule has 2 aromatic rings. The molecule has 1 fully saturated rings. The Hall–Kier alpha value is -2.60. The van der Waals surface area contributed by atoms with Crippen LogP contribution in [-0.4, -0.2) is 33.7 Å². The number of imide groups is 1. The second kappa shape index (κ2) is 6.29. The first-order valence-corrected chi connectivity index (χ1v) is 8.59. The number of nitrogens with one attached hydrogen (secondary N) is 1. The molecule has 1 aliphatic heterocycles. The Morgan fingerprint density at radius 1 is 1.19 bits per heavy atom. The van der Waals surface area contributed by atoms with Crippen molar-refractivity contribution < 1.29 is 14.4 Å². The Balaban J connectivity index is 1.86. The van der Waals surface area contributed by atoms with Crippen LogP contribution in [0.2, 0.25) is 5.02 Å². The van der Waals surface area contributed by atoms with Crippen LogP contribution in [0.15, 0.2) is 30.3 Å². The normalized spacial score (nSPS) is 19.8. The highest BCUT2D eigenvalue weighted by molar-refractivity contribution is 6.30. The van der Waals surface area contributed by atoms with Crippen LogP contribution in [0.3, 0.4) is 0 Å². The minimum Gasteiger partial charge on any atom is -0.351 e. The molecule has 0 aliphatic carbocycles. The zero-order chi connectivity index (χ0) is 19.2. The third kappa shape index (κ3) is 2.80. The van der Waals surface area contributed by atoms with Gasteiger partial charge in [-0.05, 0) is 44.5 Å². The van der Waals surface area contributed by atoms with Gasteiger partial charge < -0.3 is 9.88 Å². The molecule has 1 atom stereocenters. The number of carbonyl (C=O) groups excluding carboxylic acids is 3. The minimum atomic E-state index is -1.22. The molecular formula is C19H20ClN3O3. The number of halogens is 1. The number of nitrogens with zero attached hydrogens (tertiary/aromatic N) is 2. The quantitative estimate of drug-likeness (QED) is 0.661. The molecule has 3 rings (SSSR count). The monoisotopic (exact) mass is 373 g/mol. The lowest BCUT2D eigenvalue weighted by Crippen LogP contribution is -2.41. The van der Waals surface area contributed by atoms with E-state index in [-0.39, 0.29) is 12.3 Å². The molecule has 1 aromatic heterocycles. The van der Waals surface area contributed by atoms with Gasteiger partial charge in [-0.1, -0.05) is 23.7 Å². The third-order valence-corrected chi connectivity index (χ3v) is 5.33. The Bertz CT molecular complexity index is 917. The van der Waals surface area contributed by atoms with Crippen LogP contribution in [0.1, 0.15) is 34.2 Å². The lowest BCUT2D eigenvalue weighted by molar-refractivity contribution is -0.130. The summed E-state index contributed by atoms with van der Waals surface area (Å²) in [5.74, 6) is -0.724. The van der Waals surface area contributed by atoms with Gasteiger partial charge in [0.2, 0.25) is 0 Å². The Morgan fingerprint density at radius 2 is 1.81 bits per heavy atom. The van der Waals surface area contributed by atoms with Crippen LogP contribution in [-0.2, 0) is 17.4 Å². The van der Waals surface area contributed by atoms with Crippen molar-refractivity contribution in [1.82, 2.24) is 14.8 Å². The molecule has 1 aromatic carbocycles. The summed E-state index contributed by atoms with van der Waals surface area (Å²) in [6, 6.07) is 7.89. The third-order valence-electron chi connectivity index (χ3n) is 5.07. The molecule has 1 saturated heterocycles. The maximum Gasteiger partial charge on any atom is 0.325 e. The molecular weight excluding hydrogens is 354 g/mol. The summed E-state index contributed by atoms with van der Waals surface area (Å²) in [5, 5.41) is 3.23. The van der Waals surface area contributed by atoms with Gasteiger partial charge in [-0.3, -0.25) is 14.5 Å². The van der Waals surface area contributed by atoms with Crippen LogP contribution in [0.5, 0.6) is 0 Å². The van der Waals surface area contributed by atoms with Gasteiger partial charge in [0.25, 0.3) is 5.91 Å². The number of ketones is 1. The predicted octanol–water partition coefficient (Wildman–Crippen LogP) is 2.95. The van der Waals surface area contributed by atoms with E-state index in [2.05, 4.69) is 5.32 Å². The molecule has 1 aliphatic rings. The van der Waals surface area contributed by atoms with Crippen LogP contribution in [0, 0.1) is 13.8 Å². The van der Waals surface area contributed by atoms with E-state index in [0.29, 0.717) is 16.1 Å². The topological polar surface area (TPSA) is 71.4 Å². The number of urea groups is 1. The number of aromatic nitrogens is 1. The predicted molar refractivity (Wildman–Crippen MR) is 98.3 cm³/mol. The summed E-state index contributed by atoms with van der Waals surface area (Å²) < 4.78 is 1.90. The lowest BCUT2D eigenvalue weighted by Gasteiger charge is -2.22. The number of carbonyl (C=O) groups is 3. The first kappa shape index (κ1) is 18.2. The average Bonchev–Trinajstić information content (AvgIpc) is 2.98. The maximum absolute atomic E-state index is 12.9. The standard InChI is InChI=1S/C19H20ClN3O3/c1-11-9-15(12(2)22(11)4)16(24)10-23-17(25)19(3,21-18(23)26)13-5-7-14(20)8-6-13/h5-9H,10H2,1-4H3,(H,21,26). The van der Waals surface area contributed by atoms with Crippen LogP contribution in [0.25, 0.3) is 0 Å². The van der Waals surface area contributed by atoms with Crippen molar-refractivity contribution in [2.45, 2.75) is 26.3 Å². The minimum absolute atomic E-state index is 0.268. The summed E-state index contributed by atoms with van der Waals surface area (Å²) in [5.41, 5.74) is 1.66. The van der Waals surface area contributed by atoms with Crippen molar-refractivity contribution in [3.8, 4) is 0 Å². The Kier molecular flexibility index (Phi) is 4.40.